The summed E-state index contributed by atoms with van der Waals surface area (Å²) in [6.45, 7) is 4.84. The number of amides is 2. The van der Waals surface area contributed by atoms with Gasteiger partial charge in [-0.15, -0.1) is 0 Å². The van der Waals surface area contributed by atoms with Crippen LogP contribution in [0.1, 0.15) is 32.8 Å². The lowest BCUT2D eigenvalue weighted by atomic mass is 10.1. The number of halogens is 2. The summed E-state index contributed by atoms with van der Waals surface area (Å²) in [6.07, 6.45) is 1.71. The van der Waals surface area contributed by atoms with Gasteiger partial charge in [-0.05, 0) is 62.2 Å². The Morgan fingerprint density at radius 1 is 1.06 bits per heavy atom. The van der Waals surface area contributed by atoms with Crippen molar-refractivity contribution in [2.75, 3.05) is 17.1 Å². The normalized spacial score (nSPS) is 13.2. The van der Waals surface area contributed by atoms with Crippen LogP contribution in [0.2, 0.25) is 5.02 Å². The van der Waals surface area contributed by atoms with Crippen LogP contribution in [0.4, 0.5) is 10.1 Å². The van der Waals surface area contributed by atoms with E-state index in [4.69, 9.17) is 11.6 Å². The summed E-state index contributed by atoms with van der Waals surface area (Å²) in [5.74, 6) is -1.37. The topological polar surface area (TPSA) is 86.8 Å². The maximum absolute atomic E-state index is 13.4. The Morgan fingerprint density at radius 3 is 2.15 bits per heavy atom. The highest BCUT2D eigenvalue weighted by molar-refractivity contribution is 7.92. The third kappa shape index (κ3) is 7.71. The summed E-state index contributed by atoms with van der Waals surface area (Å²) < 4.78 is 39.2. The minimum Gasteiger partial charge on any atom is -0.352 e. The molecular weight excluding hydrogens is 469 g/mol. The summed E-state index contributed by atoms with van der Waals surface area (Å²) >= 11 is 5.90. The van der Waals surface area contributed by atoms with Gasteiger partial charge in [0.1, 0.15) is 18.4 Å². The number of carbonyl (C=O) groups excluding carboxylic acids is 2. The van der Waals surface area contributed by atoms with Gasteiger partial charge < -0.3 is 10.2 Å². The number of nitrogens with one attached hydrogen (secondary N) is 1. The van der Waals surface area contributed by atoms with Gasteiger partial charge in [-0.25, -0.2) is 12.8 Å². The Labute approximate surface area is 199 Å². The summed E-state index contributed by atoms with van der Waals surface area (Å²) in [5.41, 5.74) is 0.874. The Bertz CT molecular complexity index is 1060. The van der Waals surface area contributed by atoms with Gasteiger partial charge in [-0.3, -0.25) is 13.9 Å². The fourth-order valence-electron chi connectivity index (χ4n) is 3.06. The van der Waals surface area contributed by atoms with Gasteiger partial charge in [-0.1, -0.05) is 30.7 Å². The molecule has 0 spiro atoms. The second-order valence-electron chi connectivity index (χ2n) is 7.89. The van der Waals surface area contributed by atoms with Crippen LogP contribution in [0.25, 0.3) is 0 Å². The van der Waals surface area contributed by atoms with E-state index in [0.717, 1.165) is 10.6 Å². The number of hydrogen-bond acceptors (Lipinski definition) is 4. The fourth-order valence-corrected chi connectivity index (χ4v) is 4.03. The molecule has 0 radical (unpaired) electrons. The maximum atomic E-state index is 13.4. The third-order valence-electron chi connectivity index (χ3n) is 5.23. The number of hydrogen-bond donors (Lipinski definition) is 1. The molecule has 0 aliphatic rings. The van der Waals surface area contributed by atoms with E-state index in [9.17, 15) is 22.4 Å². The molecule has 2 atom stereocenters. The molecule has 0 saturated heterocycles. The van der Waals surface area contributed by atoms with E-state index in [1.54, 1.807) is 6.92 Å². The van der Waals surface area contributed by atoms with Crippen molar-refractivity contribution in [2.45, 2.75) is 45.8 Å². The molecule has 0 fully saturated rings. The molecule has 0 saturated carbocycles. The van der Waals surface area contributed by atoms with Gasteiger partial charge in [-0.2, -0.15) is 0 Å². The van der Waals surface area contributed by atoms with Crippen LogP contribution in [-0.2, 0) is 26.2 Å². The van der Waals surface area contributed by atoms with Gasteiger partial charge in [0.25, 0.3) is 0 Å². The second kappa shape index (κ2) is 11.5. The average Bonchev–Trinajstić information content (AvgIpc) is 2.76. The minimum atomic E-state index is -3.81. The molecule has 0 unspecified atom stereocenters. The van der Waals surface area contributed by atoms with Crippen LogP contribution >= 0.6 is 11.6 Å². The standard InChI is InChI=1S/C23H29ClFN3O4S/c1-5-16(2)26-23(30)17(3)27(14-18-6-10-20(25)11-7-18)22(29)15-28(33(4,31)32)21-12-8-19(24)9-13-21/h6-13,16-17H,5,14-15H2,1-4H3,(H,26,30)/t16-,17+/m1/s1. The molecule has 7 nitrogen and oxygen atoms in total. The molecule has 0 bridgehead atoms. The van der Waals surface area contributed by atoms with Crippen LogP contribution in [-0.4, -0.2) is 50.0 Å². The molecule has 2 amide bonds. The Hall–Kier alpha value is -2.65. The molecule has 2 rings (SSSR count). The first-order chi connectivity index (χ1) is 15.4. The number of nitrogens with zero attached hydrogens (tertiary/aromatic N) is 2. The number of anilines is 1. The Morgan fingerprint density at radius 2 is 1.64 bits per heavy atom. The minimum absolute atomic E-state index is 0.00637. The van der Waals surface area contributed by atoms with Crippen LogP contribution in [0.3, 0.4) is 0 Å². The quantitative estimate of drug-likeness (QED) is 0.543. The molecule has 1 N–H and O–H groups in total. The van der Waals surface area contributed by atoms with Crippen molar-refractivity contribution in [3.63, 3.8) is 0 Å². The number of benzene rings is 2. The Kier molecular flexibility index (Phi) is 9.25. The highest BCUT2D eigenvalue weighted by atomic mass is 35.5. The Balaban J connectivity index is 2.36. The first-order valence-corrected chi connectivity index (χ1v) is 12.7. The first kappa shape index (κ1) is 26.6. The van der Waals surface area contributed by atoms with Gasteiger partial charge >= 0.3 is 0 Å². The van der Waals surface area contributed by atoms with Crippen LogP contribution in [0.5, 0.6) is 0 Å². The SMILES string of the molecule is CC[C@@H](C)NC(=O)[C@H](C)N(Cc1ccc(F)cc1)C(=O)CN(c1ccc(Cl)cc1)S(C)(=O)=O. The van der Waals surface area contributed by atoms with Crippen LogP contribution in [0, 0.1) is 5.82 Å². The molecule has 33 heavy (non-hydrogen) atoms. The lowest BCUT2D eigenvalue weighted by Crippen LogP contribution is -2.52. The van der Waals surface area contributed by atoms with E-state index in [2.05, 4.69) is 5.32 Å². The van der Waals surface area contributed by atoms with Crippen molar-refractivity contribution in [3.8, 4) is 0 Å². The van der Waals surface area contributed by atoms with E-state index < -0.39 is 34.3 Å². The third-order valence-corrected chi connectivity index (χ3v) is 6.62. The van der Waals surface area contributed by atoms with Gasteiger partial charge in [0.2, 0.25) is 21.8 Å². The van der Waals surface area contributed by atoms with E-state index in [1.807, 2.05) is 13.8 Å². The van der Waals surface area contributed by atoms with Crippen molar-refractivity contribution in [2.24, 2.45) is 0 Å². The number of rotatable bonds is 10. The van der Waals surface area contributed by atoms with Crippen molar-refractivity contribution in [1.82, 2.24) is 10.2 Å². The van der Waals surface area contributed by atoms with Crippen molar-refractivity contribution < 1.29 is 22.4 Å². The molecule has 2 aromatic carbocycles. The van der Waals surface area contributed by atoms with Gasteiger partial charge in [0, 0.05) is 17.6 Å². The number of carbonyl (C=O) groups is 2. The summed E-state index contributed by atoms with van der Waals surface area (Å²) in [6, 6.07) is 10.6. The summed E-state index contributed by atoms with van der Waals surface area (Å²) in [7, 11) is -3.81. The van der Waals surface area contributed by atoms with Crippen molar-refractivity contribution >= 4 is 39.1 Å². The number of sulfonamides is 1. The lowest BCUT2D eigenvalue weighted by Gasteiger charge is -2.32. The second-order valence-corrected chi connectivity index (χ2v) is 10.2. The van der Waals surface area contributed by atoms with E-state index in [-0.39, 0.29) is 24.2 Å². The van der Waals surface area contributed by atoms with Gasteiger partial charge in [0.15, 0.2) is 0 Å². The molecule has 0 aliphatic carbocycles. The van der Waals surface area contributed by atoms with Crippen molar-refractivity contribution in [3.05, 3.63) is 64.9 Å². The lowest BCUT2D eigenvalue weighted by molar-refractivity contribution is -0.139. The van der Waals surface area contributed by atoms with E-state index in [0.29, 0.717) is 17.0 Å². The molecule has 0 aromatic heterocycles. The van der Waals surface area contributed by atoms with E-state index >= 15 is 0 Å². The fraction of sp³-hybridized carbons (Fsp3) is 0.391. The molecule has 180 valence electrons. The zero-order valence-electron chi connectivity index (χ0n) is 19.1. The highest BCUT2D eigenvalue weighted by Gasteiger charge is 2.30. The van der Waals surface area contributed by atoms with Crippen LogP contribution in [0.15, 0.2) is 48.5 Å². The monoisotopic (exact) mass is 497 g/mol. The zero-order chi connectivity index (χ0) is 24.8. The summed E-state index contributed by atoms with van der Waals surface area (Å²) in [5, 5.41) is 3.26. The smallest absolute Gasteiger partial charge is 0.244 e. The molecule has 10 heteroatoms. The first-order valence-electron chi connectivity index (χ1n) is 10.5. The molecular formula is C23H29ClFN3O4S. The van der Waals surface area contributed by atoms with Gasteiger partial charge in [0.05, 0.1) is 11.9 Å². The van der Waals surface area contributed by atoms with Crippen LogP contribution < -0.4 is 9.62 Å². The van der Waals surface area contributed by atoms with E-state index in [1.165, 1.54) is 53.4 Å². The predicted octanol–water partition coefficient (Wildman–Crippen LogP) is 3.58. The molecule has 0 aliphatic heterocycles. The molecule has 2 aromatic rings. The zero-order valence-corrected chi connectivity index (χ0v) is 20.7. The predicted molar refractivity (Wildman–Crippen MR) is 128 cm³/mol. The maximum Gasteiger partial charge on any atom is 0.244 e. The van der Waals surface area contributed by atoms with Crippen molar-refractivity contribution in [1.29, 1.82) is 0 Å². The molecule has 0 heterocycles. The average molecular weight is 498 g/mol. The highest BCUT2D eigenvalue weighted by Crippen LogP contribution is 2.21. The summed E-state index contributed by atoms with van der Waals surface area (Å²) in [4.78, 5) is 27.4. The largest absolute Gasteiger partial charge is 0.352 e.